The van der Waals surface area contributed by atoms with Gasteiger partial charge in [-0.3, -0.25) is 10.2 Å². The Kier molecular flexibility index (Phi) is 3.97. The van der Waals surface area contributed by atoms with E-state index in [0.717, 1.165) is 5.56 Å². The van der Waals surface area contributed by atoms with Crippen molar-refractivity contribution in [3.05, 3.63) is 49.7 Å². The van der Waals surface area contributed by atoms with Crippen molar-refractivity contribution in [2.45, 2.75) is 5.92 Å². The topological polar surface area (TPSA) is 74.0 Å². The number of aromatic nitrogens is 1. The lowest BCUT2D eigenvalue weighted by atomic mass is 10.1. The van der Waals surface area contributed by atoms with Crippen molar-refractivity contribution >= 4 is 55.9 Å². The number of allylic oxidation sites excluding steroid dienone is 1. The summed E-state index contributed by atoms with van der Waals surface area (Å²) in [5.41, 5.74) is 0.795. The fourth-order valence-corrected chi connectivity index (χ4v) is 4.16. The second-order valence-electron chi connectivity index (χ2n) is 4.35. The molecule has 106 valence electrons. The Morgan fingerprint density at radius 1 is 1.43 bits per heavy atom. The smallest absolute Gasteiger partial charge is 0.186 e. The van der Waals surface area contributed by atoms with Gasteiger partial charge >= 0.3 is 0 Å². The summed E-state index contributed by atoms with van der Waals surface area (Å²) >= 11 is 5.80. The summed E-state index contributed by atoms with van der Waals surface area (Å²) in [4.78, 5) is 17.1. The van der Waals surface area contributed by atoms with Gasteiger partial charge in [0.05, 0.1) is 14.4 Å². The molecular formula is C14H9BrN2O2S2. The van der Waals surface area contributed by atoms with Crippen LogP contribution in [0.1, 0.15) is 16.5 Å². The van der Waals surface area contributed by atoms with Gasteiger partial charge in [-0.25, -0.2) is 4.98 Å². The van der Waals surface area contributed by atoms with E-state index in [4.69, 9.17) is 5.41 Å². The first-order valence-electron chi connectivity index (χ1n) is 5.96. The third-order valence-electron chi connectivity index (χ3n) is 2.96. The maximum Gasteiger partial charge on any atom is 0.186 e. The van der Waals surface area contributed by atoms with Crippen molar-refractivity contribution in [2.24, 2.45) is 0 Å². The number of benzene rings is 1. The predicted molar refractivity (Wildman–Crippen MR) is 89.0 cm³/mol. The summed E-state index contributed by atoms with van der Waals surface area (Å²) in [5.74, 6) is -0.512. The van der Waals surface area contributed by atoms with Gasteiger partial charge in [-0.2, -0.15) is 0 Å². The van der Waals surface area contributed by atoms with Gasteiger partial charge in [0.1, 0.15) is 16.7 Å². The molecule has 1 aliphatic rings. The maximum atomic E-state index is 12.4. The molecule has 2 N–H and O–H groups in total. The highest BCUT2D eigenvalue weighted by atomic mass is 79.9. The third-order valence-corrected chi connectivity index (χ3v) is 5.43. The van der Waals surface area contributed by atoms with Crippen molar-refractivity contribution in [3.8, 4) is 5.75 Å². The Morgan fingerprint density at radius 2 is 2.24 bits per heavy atom. The molecule has 1 aromatic carbocycles. The summed E-state index contributed by atoms with van der Waals surface area (Å²) in [6, 6.07) is 5.02. The molecule has 7 heteroatoms. The molecule has 1 aromatic heterocycles. The van der Waals surface area contributed by atoms with Crippen LogP contribution in [0, 0.1) is 5.41 Å². The molecule has 1 unspecified atom stereocenters. The molecular weight excluding hydrogens is 372 g/mol. The number of nitrogens with one attached hydrogen (secondary N) is 1. The van der Waals surface area contributed by atoms with Crippen LogP contribution in [0.5, 0.6) is 5.75 Å². The summed E-state index contributed by atoms with van der Waals surface area (Å²) in [6.45, 7) is 0. The zero-order chi connectivity index (χ0) is 15.0. The van der Waals surface area contributed by atoms with Crippen LogP contribution in [0.15, 0.2) is 39.2 Å². The summed E-state index contributed by atoms with van der Waals surface area (Å²) in [6.07, 6.45) is 3.38. The lowest BCUT2D eigenvalue weighted by Gasteiger charge is -2.01. The number of phenols is 1. The summed E-state index contributed by atoms with van der Waals surface area (Å²) < 4.78 is 0.568. The van der Waals surface area contributed by atoms with Crippen LogP contribution < -0.4 is 0 Å². The van der Waals surface area contributed by atoms with E-state index in [2.05, 4.69) is 20.9 Å². The van der Waals surface area contributed by atoms with Crippen LogP contribution in [0.25, 0.3) is 6.08 Å². The molecule has 0 amide bonds. The molecule has 1 atom stereocenters. The molecule has 2 aromatic rings. The number of phenolic OH excluding ortho intramolecular Hbond substituents is 1. The van der Waals surface area contributed by atoms with Crippen molar-refractivity contribution < 1.29 is 9.90 Å². The number of carbonyl (C=O) groups excluding carboxylic acids is 1. The Bertz CT molecular complexity index is 756. The molecule has 1 aliphatic heterocycles. The maximum absolute atomic E-state index is 12.4. The quantitative estimate of drug-likeness (QED) is 0.771. The fourth-order valence-electron chi connectivity index (χ4n) is 1.96. The summed E-state index contributed by atoms with van der Waals surface area (Å²) in [7, 11) is 0. The lowest BCUT2D eigenvalue weighted by molar-refractivity contribution is -0.114. The number of ketones is 1. The first-order valence-corrected chi connectivity index (χ1v) is 8.45. The number of hydrogen-bond acceptors (Lipinski definition) is 6. The van der Waals surface area contributed by atoms with Crippen LogP contribution in [-0.4, -0.2) is 20.9 Å². The average Bonchev–Trinajstić information content (AvgIpc) is 3.04. The van der Waals surface area contributed by atoms with Gasteiger partial charge in [-0.15, -0.1) is 11.3 Å². The standard InChI is InChI=1S/C14H9BrN2O2S2/c15-8-5-7(1-2-9(8)18)6-10-12(19)11(13(16)21-10)14-17-3-4-20-14/h1-6,11,16,18H. The van der Waals surface area contributed by atoms with E-state index in [1.807, 2.05) is 0 Å². The molecule has 0 saturated carbocycles. The van der Waals surface area contributed by atoms with E-state index < -0.39 is 5.92 Å². The number of rotatable bonds is 2. The lowest BCUT2D eigenvalue weighted by Crippen LogP contribution is -2.11. The first-order chi connectivity index (χ1) is 10.1. The van der Waals surface area contributed by atoms with E-state index >= 15 is 0 Å². The van der Waals surface area contributed by atoms with Crippen LogP contribution in [0.2, 0.25) is 0 Å². The van der Waals surface area contributed by atoms with Crippen molar-refractivity contribution in [3.63, 3.8) is 0 Å². The Labute approximate surface area is 137 Å². The SMILES string of the molecule is N=C1SC(=Cc2ccc(O)c(Br)c2)C(=O)C1c1nccs1. The van der Waals surface area contributed by atoms with Gasteiger partial charge in [-0.05, 0) is 39.7 Å². The molecule has 2 heterocycles. The van der Waals surface area contributed by atoms with E-state index in [1.165, 1.54) is 23.1 Å². The molecule has 1 fully saturated rings. The predicted octanol–water partition coefficient (Wildman–Crippen LogP) is 4.03. The van der Waals surface area contributed by atoms with Crippen LogP contribution in [-0.2, 0) is 4.79 Å². The van der Waals surface area contributed by atoms with E-state index in [9.17, 15) is 9.90 Å². The van der Waals surface area contributed by atoms with Crippen molar-refractivity contribution in [1.29, 1.82) is 5.41 Å². The van der Waals surface area contributed by atoms with Gasteiger partial charge in [-0.1, -0.05) is 17.8 Å². The van der Waals surface area contributed by atoms with Gasteiger partial charge in [0, 0.05) is 11.6 Å². The van der Waals surface area contributed by atoms with Crippen molar-refractivity contribution in [2.75, 3.05) is 0 Å². The molecule has 1 saturated heterocycles. The molecule has 0 spiro atoms. The molecule has 0 bridgehead atoms. The number of halogens is 1. The zero-order valence-electron chi connectivity index (χ0n) is 10.5. The highest BCUT2D eigenvalue weighted by Gasteiger charge is 2.38. The molecule has 4 nitrogen and oxygen atoms in total. The molecule has 21 heavy (non-hydrogen) atoms. The number of thioether (sulfide) groups is 1. The average molecular weight is 381 g/mol. The van der Waals surface area contributed by atoms with Crippen LogP contribution in [0.4, 0.5) is 0 Å². The minimum absolute atomic E-state index is 0.0934. The Hall–Kier alpha value is -1.44. The minimum Gasteiger partial charge on any atom is -0.507 e. The second kappa shape index (κ2) is 5.75. The number of aromatic hydroxyl groups is 1. The minimum atomic E-state index is -0.568. The van der Waals surface area contributed by atoms with E-state index in [1.54, 1.807) is 35.9 Å². The Morgan fingerprint density at radius 3 is 2.90 bits per heavy atom. The second-order valence-corrected chi connectivity index (χ2v) is 7.22. The van der Waals surface area contributed by atoms with E-state index in [0.29, 0.717) is 19.4 Å². The first kappa shape index (κ1) is 14.5. The Balaban J connectivity index is 1.93. The van der Waals surface area contributed by atoms with E-state index in [-0.39, 0.29) is 11.5 Å². The van der Waals surface area contributed by atoms with Gasteiger partial charge in [0.15, 0.2) is 5.78 Å². The summed E-state index contributed by atoms with van der Waals surface area (Å²) in [5, 5.41) is 20.3. The zero-order valence-corrected chi connectivity index (χ0v) is 13.8. The number of thiazole rings is 1. The van der Waals surface area contributed by atoms with Gasteiger partial charge < -0.3 is 5.11 Å². The number of Topliss-reactive ketones (excluding diaryl/α,β-unsaturated/α-hetero) is 1. The normalized spacial score (nSPS) is 20.4. The van der Waals surface area contributed by atoms with Crippen molar-refractivity contribution in [1.82, 2.24) is 4.98 Å². The number of carbonyl (C=O) groups is 1. The highest BCUT2D eigenvalue weighted by molar-refractivity contribution is 9.10. The highest BCUT2D eigenvalue weighted by Crippen LogP contribution is 2.41. The largest absolute Gasteiger partial charge is 0.507 e. The van der Waals surface area contributed by atoms with Crippen LogP contribution >= 0.6 is 39.0 Å². The number of nitrogens with zero attached hydrogens (tertiary/aromatic N) is 1. The van der Waals surface area contributed by atoms with Crippen LogP contribution in [0.3, 0.4) is 0 Å². The number of hydrogen-bond donors (Lipinski definition) is 2. The molecule has 3 rings (SSSR count). The fraction of sp³-hybridized carbons (Fsp3) is 0.0714. The third kappa shape index (κ3) is 2.81. The van der Waals surface area contributed by atoms with Gasteiger partial charge in [0.25, 0.3) is 0 Å². The molecule has 0 radical (unpaired) electrons. The monoisotopic (exact) mass is 380 g/mol. The molecule has 0 aliphatic carbocycles. The van der Waals surface area contributed by atoms with Gasteiger partial charge in [0.2, 0.25) is 0 Å².